The number of Topliss-reactive ketones (excluding diaryl/α,β-unsaturated/α-hetero) is 1. The molecular weight excluding hydrogens is 488 g/mol. The Morgan fingerprint density at radius 3 is 2.46 bits per heavy atom. The summed E-state index contributed by atoms with van der Waals surface area (Å²) in [6.07, 6.45) is 1.13. The van der Waals surface area contributed by atoms with Crippen LogP contribution in [0.3, 0.4) is 0 Å². The minimum Gasteiger partial charge on any atom is -0.489 e. The van der Waals surface area contributed by atoms with Crippen molar-refractivity contribution in [3.8, 4) is 17.2 Å². The predicted octanol–water partition coefficient (Wildman–Crippen LogP) is 6.97. The summed E-state index contributed by atoms with van der Waals surface area (Å²) in [5.41, 5.74) is 6.71. The third-order valence-electron chi connectivity index (χ3n) is 7.64. The van der Waals surface area contributed by atoms with Crippen LogP contribution in [0.4, 0.5) is 11.4 Å². The van der Waals surface area contributed by atoms with Gasteiger partial charge in [-0.05, 0) is 53.8 Å². The lowest BCUT2D eigenvalue weighted by molar-refractivity contribution is -0.116. The fourth-order valence-electron chi connectivity index (χ4n) is 5.71. The maximum absolute atomic E-state index is 14.0. The van der Waals surface area contributed by atoms with Gasteiger partial charge in [0.2, 0.25) is 6.79 Å². The van der Waals surface area contributed by atoms with Gasteiger partial charge in [-0.2, -0.15) is 0 Å². The van der Waals surface area contributed by atoms with E-state index in [1.54, 1.807) is 0 Å². The zero-order valence-electron chi connectivity index (χ0n) is 21.4. The van der Waals surface area contributed by atoms with Crippen molar-refractivity contribution in [3.63, 3.8) is 0 Å². The smallest absolute Gasteiger partial charge is 0.231 e. The summed E-state index contributed by atoms with van der Waals surface area (Å²) in [5.74, 6) is 2.40. The predicted molar refractivity (Wildman–Crippen MR) is 150 cm³/mol. The second kappa shape index (κ2) is 9.87. The van der Waals surface area contributed by atoms with Crippen LogP contribution >= 0.6 is 0 Å². The van der Waals surface area contributed by atoms with Crippen LogP contribution in [-0.4, -0.2) is 12.6 Å². The second-order valence-corrected chi connectivity index (χ2v) is 10.1. The summed E-state index contributed by atoms with van der Waals surface area (Å²) in [5, 5.41) is 7.30. The van der Waals surface area contributed by atoms with E-state index in [1.807, 2.05) is 97.1 Å². The summed E-state index contributed by atoms with van der Waals surface area (Å²) >= 11 is 0. The van der Waals surface area contributed by atoms with E-state index < -0.39 is 0 Å². The zero-order chi connectivity index (χ0) is 26.2. The molecule has 0 radical (unpaired) electrons. The Bertz CT molecular complexity index is 1580. The maximum atomic E-state index is 14.0. The van der Waals surface area contributed by atoms with Crippen molar-refractivity contribution in [1.82, 2.24) is 0 Å². The average Bonchev–Trinajstić information content (AvgIpc) is 3.38. The highest BCUT2D eigenvalue weighted by molar-refractivity contribution is 6.01. The van der Waals surface area contributed by atoms with E-state index in [9.17, 15) is 4.79 Å². The number of ether oxygens (including phenoxy) is 3. The monoisotopic (exact) mass is 516 g/mol. The second-order valence-electron chi connectivity index (χ2n) is 10.1. The van der Waals surface area contributed by atoms with E-state index in [0.29, 0.717) is 19.4 Å². The van der Waals surface area contributed by atoms with Crippen molar-refractivity contribution in [2.24, 2.45) is 0 Å². The Morgan fingerprint density at radius 1 is 0.795 bits per heavy atom. The summed E-state index contributed by atoms with van der Waals surface area (Å²) in [6, 6.07) is 31.9. The normalized spacial score (nSPS) is 19.3. The quantitative estimate of drug-likeness (QED) is 0.298. The Balaban J connectivity index is 1.27. The Hall–Kier alpha value is -4.71. The van der Waals surface area contributed by atoms with Crippen molar-refractivity contribution in [2.45, 2.75) is 31.4 Å². The Labute approximate surface area is 227 Å². The molecule has 2 N–H and O–H groups in total. The molecule has 4 aromatic rings. The standard InChI is InChI=1S/C33H28N2O4/c36-28-17-23(22-14-15-30-31(18-22)39-20-38-30)16-27-32(28)33(35-26-12-6-5-11-25(26)34-27)24-10-4-7-13-29(24)37-19-21-8-2-1-3-9-21/h1-15,18,23,33-35H,16-17,19-20H2/t23-,33-/m1/s1. The molecule has 0 unspecified atom stereocenters. The topological polar surface area (TPSA) is 68.8 Å². The molecule has 0 bridgehead atoms. The molecule has 0 saturated heterocycles. The van der Waals surface area contributed by atoms with E-state index in [0.717, 1.165) is 56.6 Å². The number of ketones is 1. The van der Waals surface area contributed by atoms with Gasteiger partial charge in [-0.1, -0.05) is 66.7 Å². The highest BCUT2D eigenvalue weighted by Gasteiger charge is 2.37. The number of para-hydroxylation sites is 3. The molecule has 39 heavy (non-hydrogen) atoms. The fraction of sp³-hybridized carbons (Fsp3) is 0.182. The molecule has 1 aliphatic carbocycles. The first-order valence-corrected chi connectivity index (χ1v) is 13.3. The average molecular weight is 517 g/mol. The van der Waals surface area contributed by atoms with Gasteiger partial charge in [0.15, 0.2) is 17.3 Å². The van der Waals surface area contributed by atoms with Crippen LogP contribution in [0.25, 0.3) is 0 Å². The van der Waals surface area contributed by atoms with E-state index >= 15 is 0 Å². The number of benzene rings is 4. The van der Waals surface area contributed by atoms with Gasteiger partial charge in [0.05, 0.1) is 17.4 Å². The molecule has 3 aliphatic rings. The first-order chi connectivity index (χ1) is 19.2. The number of carbonyl (C=O) groups is 1. The summed E-state index contributed by atoms with van der Waals surface area (Å²) in [7, 11) is 0. The van der Waals surface area contributed by atoms with E-state index in [2.05, 4.69) is 10.6 Å². The fourth-order valence-corrected chi connectivity index (χ4v) is 5.71. The highest BCUT2D eigenvalue weighted by Crippen LogP contribution is 2.47. The lowest BCUT2D eigenvalue weighted by atomic mass is 9.78. The molecule has 0 saturated carbocycles. The van der Waals surface area contributed by atoms with E-state index in [4.69, 9.17) is 14.2 Å². The van der Waals surface area contributed by atoms with Gasteiger partial charge >= 0.3 is 0 Å². The summed E-state index contributed by atoms with van der Waals surface area (Å²) in [6.45, 7) is 0.681. The van der Waals surface area contributed by atoms with Crippen molar-refractivity contribution in [3.05, 3.63) is 125 Å². The van der Waals surface area contributed by atoms with Crippen LogP contribution in [0.1, 0.15) is 41.5 Å². The minimum atomic E-state index is -0.353. The number of carbonyl (C=O) groups excluding carboxylic acids is 1. The van der Waals surface area contributed by atoms with Gasteiger partial charge in [-0.25, -0.2) is 0 Å². The van der Waals surface area contributed by atoms with Gasteiger partial charge in [0, 0.05) is 23.3 Å². The lowest BCUT2D eigenvalue weighted by Gasteiger charge is -2.30. The number of hydrogen-bond donors (Lipinski definition) is 2. The van der Waals surface area contributed by atoms with Gasteiger partial charge < -0.3 is 24.8 Å². The van der Waals surface area contributed by atoms with Crippen LogP contribution in [0.5, 0.6) is 17.2 Å². The summed E-state index contributed by atoms with van der Waals surface area (Å²) < 4.78 is 17.4. The van der Waals surface area contributed by atoms with E-state index in [-0.39, 0.29) is 24.5 Å². The lowest BCUT2D eigenvalue weighted by Crippen LogP contribution is -2.27. The molecule has 0 aromatic heterocycles. The van der Waals surface area contributed by atoms with Crippen molar-refractivity contribution >= 4 is 17.2 Å². The third-order valence-corrected chi connectivity index (χ3v) is 7.64. The molecule has 6 nitrogen and oxygen atoms in total. The molecule has 7 rings (SSSR count). The molecule has 4 aromatic carbocycles. The highest BCUT2D eigenvalue weighted by atomic mass is 16.7. The van der Waals surface area contributed by atoms with Crippen LogP contribution in [0.15, 0.2) is 108 Å². The number of nitrogens with one attached hydrogen (secondary N) is 2. The molecule has 6 heteroatoms. The molecule has 2 atom stereocenters. The molecular formula is C33H28N2O4. The number of rotatable bonds is 5. The molecule has 2 aliphatic heterocycles. The Kier molecular flexibility index (Phi) is 5.93. The largest absolute Gasteiger partial charge is 0.489 e. The number of fused-ring (bicyclic) bond motifs is 2. The molecule has 0 spiro atoms. The van der Waals surface area contributed by atoms with Crippen molar-refractivity contribution in [1.29, 1.82) is 0 Å². The van der Waals surface area contributed by atoms with Crippen LogP contribution in [-0.2, 0) is 11.4 Å². The number of hydrogen-bond acceptors (Lipinski definition) is 6. The molecule has 0 fully saturated rings. The van der Waals surface area contributed by atoms with Gasteiger partial charge in [-0.3, -0.25) is 4.79 Å². The minimum absolute atomic E-state index is 0.0359. The van der Waals surface area contributed by atoms with Crippen LogP contribution in [0, 0.1) is 0 Å². The first-order valence-electron chi connectivity index (χ1n) is 13.3. The van der Waals surface area contributed by atoms with Gasteiger partial charge in [-0.15, -0.1) is 0 Å². The van der Waals surface area contributed by atoms with Gasteiger partial charge in [0.25, 0.3) is 0 Å². The SMILES string of the molecule is O=C1C[C@H](c2ccc3c(c2)OCO3)CC2=C1[C@@H](c1ccccc1OCc1ccccc1)Nc1ccccc1N2. The summed E-state index contributed by atoms with van der Waals surface area (Å²) in [4.78, 5) is 14.0. The first kappa shape index (κ1) is 23.4. The molecule has 2 heterocycles. The Morgan fingerprint density at radius 2 is 1.56 bits per heavy atom. The number of anilines is 2. The number of allylic oxidation sites excluding steroid dienone is 1. The van der Waals surface area contributed by atoms with Crippen molar-refractivity contribution in [2.75, 3.05) is 17.4 Å². The third kappa shape index (κ3) is 4.48. The zero-order valence-corrected chi connectivity index (χ0v) is 21.4. The van der Waals surface area contributed by atoms with E-state index in [1.165, 1.54) is 0 Å². The van der Waals surface area contributed by atoms with Gasteiger partial charge in [0.1, 0.15) is 12.4 Å². The van der Waals surface area contributed by atoms with Crippen LogP contribution < -0.4 is 24.8 Å². The molecule has 194 valence electrons. The van der Waals surface area contributed by atoms with Crippen LogP contribution in [0.2, 0.25) is 0 Å². The van der Waals surface area contributed by atoms with Crippen molar-refractivity contribution < 1.29 is 19.0 Å². The maximum Gasteiger partial charge on any atom is 0.231 e. The molecule has 0 amide bonds.